The predicted octanol–water partition coefficient (Wildman–Crippen LogP) is 3.73. The third-order valence-corrected chi connectivity index (χ3v) is 6.82. The molecule has 2 aromatic rings. The van der Waals surface area contributed by atoms with E-state index in [0.717, 1.165) is 11.1 Å². The van der Waals surface area contributed by atoms with Gasteiger partial charge in [-0.25, -0.2) is 4.79 Å². The van der Waals surface area contributed by atoms with Crippen LogP contribution in [0.2, 0.25) is 0 Å². The first-order valence-electron chi connectivity index (χ1n) is 11.4. The number of nitrogens with one attached hydrogen (secondary N) is 1. The minimum atomic E-state index is -0.826. The molecule has 0 aromatic heterocycles. The number of carboxylic acids is 1. The first kappa shape index (κ1) is 22.8. The summed E-state index contributed by atoms with van der Waals surface area (Å²) in [6.07, 6.45) is -0.187. The molecule has 1 fully saturated rings. The first-order chi connectivity index (χ1) is 15.8. The molecule has 7 nitrogen and oxygen atoms in total. The zero-order valence-corrected chi connectivity index (χ0v) is 19.0. The molecule has 0 bridgehead atoms. The fraction of sp³-hybridized carbons (Fsp3) is 0.423. The third kappa shape index (κ3) is 4.87. The fourth-order valence-corrected chi connectivity index (χ4v) is 4.64. The van der Waals surface area contributed by atoms with E-state index in [4.69, 9.17) is 9.84 Å². The van der Waals surface area contributed by atoms with Crippen molar-refractivity contribution in [3.8, 4) is 11.1 Å². The largest absolute Gasteiger partial charge is 0.481 e. The monoisotopic (exact) mass is 450 g/mol. The van der Waals surface area contributed by atoms with Gasteiger partial charge in [-0.2, -0.15) is 0 Å². The molecule has 0 spiro atoms. The summed E-state index contributed by atoms with van der Waals surface area (Å²) in [5, 5.41) is 11.8. The number of hydrogen-bond acceptors (Lipinski definition) is 4. The van der Waals surface area contributed by atoms with Crippen LogP contribution in [0, 0.1) is 17.8 Å². The molecule has 2 aromatic carbocycles. The van der Waals surface area contributed by atoms with Crippen LogP contribution in [0.15, 0.2) is 48.5 Å². The predicted molar refractivity (Wildman–Crippen MR) is 124 cm³/mol. The Kier molecular flexibility index (Phi) is 6.67. The summed E-state index contributed by atoms with van der Waals surface area (Å²) >= 11 is 0. The smallest absolute Gasteiger partial charge is 0.407 e. The fourth-order valence-electron chi connectivity index (χ4n) is 4.64. The van der Waals surface area contributed by atoms with Crippen LogP contribution in [0.3, 0.4) is 0 Å². The first-order valence-corrected chi connectivity index (χ1v) is 11.4. The molecule has 1 aliphatic carbocycles. The van der Waals surface area contributed by atoms with Crippen molar-refractivity contribution in [1.82, 2.24) is 10.2 Å². The zero-order valence-electron chi connectivity index (χ0n) is 19.0. The summed E-state index contributed by atoms with van der Waals surface area (Å²) in [6.45, 7) is 5.14. The molecule has 1 saturated heterocycles. The maximum atomic E-state index is 12.4. The van der Waals surface area contributed by atoms with E-state index in [-0.39, 0.29) is 30.3 Å². The molecule has 4 rings (SSSR count). The highest BCUT2D eigenvalue weighted by molar-refractivity contribution is 5.79. The van der Waals surface area contributed by atoms with Gasteiger partial charge < -0.3 is 20.1 Å². The van der Waals surface area contributed by atoms with Gasteiger partial charge in [0.25, 0.3) is 0 Å². The van der Waals surface area contributed by atoms with Crippen molar-refractivity contribution in [2.24, 2.45) is 17.8 Å². The Balaban J connectivity index is 1.21. The Labute approximate surface area is 193 Å². The molecule has 1 aliphatic heterocycles. The molecule has 1 heterocycles. The van der Waals surface area contributed by atoms with Gasteiger partial charge in [0.2, 0.25) is 5.91 Å². The maximum absolute atomic E-state index is 12.4. The normalized spacial score (nSPS) is 16.8. The lowest BCUT2D eigenvalue weighted by atomic mass is 9.86. The molecule has 2 aliphatic rings. The Morgan fingerprint density at radius 1 is 1.03 bits per heavy atom. The molecule has 2 unspecified atom stereocenters. The summed E-state index contributed by atoms with van der Waals surface area (Å²) in [6, 6.07) is 16.4. The second kappa shape index (κ2) is 9.65. The number of fused-ring (bicyclic) bond motifs is 3. The van der Waals surface area contributed by atoms with E-state index in [2.05, 4.69) is 29.6 Å². The number of likely N-dealkylation sites (tertiary alicyclic amines) is 1. The molecule has 33 heavy (non-hydrogen) atoms. The molecular formula is C26H30N2O5. The van der Waals surface area contributed by atoms with Gasteiger partial charge >= 0.3 is 12.1 Å². The van der Waals surface area contributed by atoms with Gasteiger partial charge in [0.15, 0.2) is 0 Å². The molecule has 0 saturated carbocycles. The number of carboxylic acid groups (broad SMARTS) is 1. The average Bonchev–Trinajstić information content (AvgIpc) is 3.09. The Hall–Kier alpha value is -3.35. The topological polar surface area (TPSA) is 95.9 Å². The standard InChI is InChI=1S/C26H30N2O5/c1-16(11-24(29)28-13-18(14-28)17(2)25(30)31)12-27-26(32)33-15-23-21-9-5-3-7-19(21)20-8-4-6-10-22(20)23/h3-10,16-18,23H,11-15H2,1-2H3,(H,27,32)(H,30,31). The van der Waals surface area contributed by atoms with E-state index in [0.29, 0.717) is 26.1 Å². The lowest BCUT2D eigenvalue weighted by Crippen LogP contribution is -2.53. The van der Waals surface area contributed by atoms with Crippen molar-refractivity contribution in [1.29, 1.82) is 0 Å². The van der Waals surface area contributed by atoms with E-state index < -0.39 is 18.0 Å². The quantitative estimate of drug-likeness (QED) is 0.639. The molecular weight excluding hydrogens is 420 g/mol. The summed E-state index contributed by atoms with van der Waals surface area (Å²) in [5.74, 6) is -1.30. The van der Waals surface area contributed by atoms with E-state index >= 15 is 0 Å². The van der Waals surface area contributed by atoms with Gasteiger partial charge in [-0.15, -0.1) is 0 Å². The third-order valence-electron chi connectivity index (χ3n) is 6.82. The number of rotatable bonds is 8. The van der Waals surface area contributed by atoms with Crippen LogP contribution < -0.4 is 5.32 Å². The van der Waals surface area contributed by atoms with Gasteiger partial charge in [0.1, 0.15) is 6.61 Å². The molecule has 174 valence electrons. The summed E-state index contributed by atoms with van der Waals surface area (Å²) in [4.78, 5) is 37.4. The zero-order chi connectivity index (χ0) is 23.5. The van der Waals surface area contributed by atoms with Crippen LogP contribution >= 0.6 is 0 Å². The van der Waals surface area contributed by atoms with Crippen molar-refractivity contribution >= 4 is 18.0 Å². The van der Waals surface area contributed by atoms with Crippen LogP contribution in [-0.2, 0) is 14.3 Å². The molecule has 2 amide bonds. The minimum absolute atomic E-state index is 0.00863. The van der Waals surface area contributed by atoms with E-state index in [1.165, 1.54) is 11.1 Å². The number of carbonyl (C=O) groups excluding carboxylic acids is 2. The van der Waals surface area contributed by atoms with Crippen LogP contribution in [0.5, 0.6) is 0 Å². The highest BCUT2D eigenvalue weighted by Gasteiger charge is 2.37. The van der Waals surface area contributed by atoms with E-state index in [9.17, 15) is 14.4 Å². The number of benzene rings is 2. The Morgan fingerprint density at radius 3 is 2.18 bits per heavy atom. The number of hydrogen-bond donors (Lipinski definition) is 2. The second-order valence-electron chi connectivity index (χ2n) is 9.20. The number of carbonyl (C=O) groups is 3. The van der Waals surface area contributed by atoms with Crippen LogP contribution in [0.25, 0.3) is 11.1 Å². The minimum Gasteiger partial charge on any atom is -0.481 e. The summed E-state index contributed by atoms with van der Waals surface area (Å²) in [5.41, 5.74) is 4.69. The van der Waals surface area contributed by atoms with Crippen molar-refractivity contribution in [2.45, 2.75) is 26.2 Å². The van der Waals surface area contributed by atoms with Crippen LogP contribution in [-0.4, -0.2) is 54.2 Å². The number of alkyl carbamates (subject to hydrolysis) is 1. The molecule has 0 radical (unpaired) electrons. The average molecular weight is 451 g/mol. The number of amides is 2. The van der Waals surface area contributed by atoms with Crippen LogP contribution in [0.1, 0.15) is 37.3 Å². The summed E-state index contributed by atoms with van der Waals surface area (Å²) < 4.78 is 5.54. The highest BCUT2D eigenvalue weighted by Crippen LogP contribution is 2.44. The second-order valence-corrected chi connectivity index (χ2v) is 9.20. The maximum Gasteiger partial charge on any atom is 0.407 e. The van der Waals surface area contributed by atoms with Gasteiger partial charge in [-0.3, -0.25) is 9.59 Å². The van der Waals surface area contributed by atoms with Crippen molar-refractivity contribution < 1.29 is 24.2 Å². The summed E-state index contributed by atoms with van der Waals surface area (Å²) in [7, 11) is 0. The number of ether oxygens (including phenoxy) is 1. The lowest BCUT2D eigenvalue weighted by Gasteiger charge is -2.41. The molecule has 2 N–H and O–H groups in total. The van der Waals surface area contributed by atoms with E-state index in [1.54, 1.807) is 11.8 Å². The number of aliphatic carboxylic acids is 1. The molecule has 7 heteroatoms. The Bertz CT molecular complexity index is 1000. The van der Waals surface area contributed by atoms with Crippen LogP contribution in [0.4, 0.5) is 4.79 Å². The van der Waals surface area contributed by atoms with Gasteiger partial charge in [-0.05, 0) is 28.2 Å². The van der Waals surface area contributed by atoms with Gasteiger partial charge in [-0.1, -0.05) is 62.4 Å². The number of nitrogens with zero attached hydrogens (tertiary/aromatic N) is 1. The van der Waals surface area contributed by atoms with Crippen molar-refractivity contribution in [2.75, 3.05) is 26.2 Å². The van der Waals surface area contributed by atoms with Gasteiger partial charge in [0, 0.05) is 37.9 Å². The lowest BCUT2D eigenvalue weighted by molar-refractivity contribution is -0.150. The van der Waals surface area contributed by atoms with Crippen molar-refractivity contribution in [3.05, 3.63) is 59.7 Å². The highest BCUT2D eigenvalue weighted by atomic mass is 16.5. The Morgan fingerprint density at radius 2 is 1.61 bits per heavy atom. The van der Waals surface area contributed by atoms with Gasteiger partial charge in [0.05, 0.1) is 5.92 Å². The SMILES string of the molecule is CC(CNC(=O)OCC1c2ccccc2-c2ccccc21)CC(=O)N1CC(C(C)C(=O)O)C1. The van der Waals surface area contributed by atoms with E-state index in [1.807, 2.05) is 31.2 Å². The molecule has 2 atom stereocenters. The van der Waals surface area contributed by atoms with Crippen molar-refractivity contribution in [3.63, 3.8) is 0 Å².